The molecule has 0 aromatic heterocycles. The van der Waals surface area contributed by atoms with Crippen molar-refractivity contribution in [1.29, 1.82) is 0 Å². The molecule has 0 saturated heterocycles. The predicted octanol–water partition coefficient (Wildman–Crippen LogP) is 3.96. The van der Waals surface area contributed by atoms with Crippen LogP contribution >= 0.6 is 11.6 Å². The molecule has 0 heterocycles. The Kier molecular flexibility index (Phi) is 5.52. The number of hydrogen-bond acceptors (Lipinski definition) is 3. The molecule has 2 aromatic rings. The average Bonchev–Trinajstić information content (AvgIpc) is 2.50. The van der Waals surface area contributed by atoms with Crippen LogP contribution < -0.4 is 5.32 Å². The van der Waals surface area contributed by atoms with Gasteiger partial charge < -0.3 is 5.32 Å². The van der Waals surface area contributed by atoms with E-state index in [-0.39, 0.29) is 11.4 Å². The maximum Gasteiger partial charge on any atom is 0.242 e. The van der Waals surface area contributed by atoms with Crippen molar-refractivity contribution in [2.24, 2.45) is 0 Å². The van der Waals surface area contributed by atoms with Crippen LogP contribution in [0.4, 0.5) is 10.1 Å². The Morgan fingerprint density at radius 3 is 2.46 bits per heavy atom. The normalized spacial score (nSPS) is 11.8. The summed E-state index contributed by atoms with van der Waals surface area (Å²) in [5, 5.41) is 3.42. The molecule has 0 radical (unpaired) electrons. The number of hydrogen-bond donors (Lipinski definition) is 1. The van der Waals surface area contributed by atoms with Crippen molar-refractivity contribution >= 4 is 27.3 Å². The lowest BCUT2D eigenvalue weighted by molar-refractivity contribution is 0.520. The van der Waals surface area contributed by atoms with Gasteiger partial charge in [0.05, 0.1) is 4.90 Å². The zero-order chi connectivity index (χ0) is 18.1. The van der Waals surface area contributed by atoms with Crippen molar-refractivity contribution in [2.75, 3.05) is 19.4 Å². The van der Waals surface area contributed by atoms with Gasteiger partial charge in [0.2, 0.25) is 10.0 Å². The van der Waals surface area contributed by atoms with E-state index in [1.807, 2.05) is 13.8 Å². The Morgan fingerprint density at radius 2 is 1.88 bits per heavy atom. The lowest BCUT2D eigenvalue weighted by Crippen LogP contribution is -2.22. The smallest absolute Gasteiger partial charge is 0.242 e. The van der Waals surface area contributed by atoms with Gasteiger partial charge in [0.1, 0.15) is 5.82 Å². The summed E-state index contributed by atoms with van der Waals surface area (Å²) in [6.45, 7) is 3.88. The van der Waals surface area contributed by atoms with Crippen LogP contribution in [0.15, 0.2) is 35.2 Å². The molecule has 1 N–H and O–H groups in total. The topological polar surface area (TPSA) is 49.4 Å². The summed E-state index contributed by atoms with van der Waals surface area (Å²) in [6.07, 6.45) is 0. The van der Waals surface area contributed by atoms with E-state index < -0.39 is 15.8 Å². The van der Waals surface area contributed by atoms with E-state index in [4.69, 9.17) is 11.6 Å². The van der Waals surface area contributed by atoms with E-state index in [2.05, 4.69) is 5.32 Å². The molecule has 0 aliphatic rings. The Hall–Kier alpha value is -1.63. The fourth-order valence-corrected chi connectivity index (χ4v) is 3.50. The van der Waals surface area contributed by atoms with Crippen LogP contribution in [0.3, 0.4) is 0 Å². The summed E-state index contributed by atoms with van der Waals surface area (Å²) in [5.74, 6) is -0.401. The summed E-state index contributed by atoms with van der Waals surface area (Å²) in [7, 11) is -0.579. The maximum atomic E-state index is 13.9. The summed E-state index contributed by atoms with van der Waals surface area (Å²) in [6, 6.07) is 7.69. The number of nitrogens with zero attached hydrogens (tertiary/aromatic N) is 1. The van der Waals surface area contributed by atoms with Crippen LogP contribution in [-0.2, 0) is 16.6 Å². The van der Waals surface area contributed by atoms with Gasteiger partial charge >= 0.3 is 0 Å². The first kappa shape index (κ1) is 18.7. The van der Waals surface area contributed by atoms with Gasteiger partial charge in [0, 0.05) is 36.9 Å². The lowest BCUT2D eigenvalue weighted by Gasteiger charge is -2.17. The van der Waals surface area contributed by atoms with Crippen LogP contribution in [0.5, 0.6) is 0 Å². The number of halogens is 2. The fraction of sp³-hybridized carbons (Fsp3) is 0.294. The highest BCUT2D eigenvalue weighted by molar-refractivity contribution is 7.89. The third-order valence-electron chi connectivity index (χ3n) is 3.94. The van der Waals surface area contributed by atoms with E-state index >= 15 is 0 Å². The highest BCUT2D eigenvalue weighted by atomic mass is 35.5. The first-order valence-electron chi connectivity index (χ1n) is 7.35. The number of aryl methyl sites for hydroxylation is 1. The molecule has 0 aliphatic heterocycles. The summed E-state index contributed by atoms with van der Waals surface area (Å²) < 4.78 is 39.7. The van der Waals surface area contributed by atoms with Crippen molar-refractivity contribution < 1.29 is 12.8 Å². The zero-order valence-electron chi connectivity index (χ0n) is 14.0. The van der Waals surface area contributed by atoms with Crippen molar-refractivity contribution in [3.8, 4) is 0 Å². The molecule has 0 atom stereocenters. The first-order chi connectivity index (χ1) is 11.1. The molecular weight excluding hydrogens is 351 g/mol. The van der Waals surface area contributed by atoms with Gasteiger partial charge in [-0.25, -0.2) is 17.1 Å². The minimum absolute atomic E-state index is 0.164. The van der Waals surface area contributed by atoms with Crippen molar-refractivity contribution in [3.05, 3.63) is 57.9 Å². The molecule has 130 valence electrons. The van der Waals surface area contributed by atoms with Gasteiger partial charge in [-0.15, -0.1) is 0 Å². The molecular formula is C17H20ClFN2O2S. The second kappa shape index (κ2) is 7.09. The quantitative estimate of drug-likeness (QED) is 0.866. The van der Waals surface area contributed by atoms with Gasteiger partial charge in [-0.1, -0.05) is 17.7 Å². The van der Waals surface area contributed by atoms with Crippen molar-refractivity contribution in [2.45, 2.75) is 25.3 Å². The van der Waals surface area contributed by atoms with Crippen LogP contribution in [0.1, 0.15) is 16.7 Å². The first-order valence-corrected chi connectivity index (χ1v) is 9.17. The van der Waals surface area contributed by atoms with Gasteiger partial charge in [-0.3, -0.25) is 0 Å². The Balaban J connectivity index is 2.39. The Labute approximate surface area is 147 Å². The van der Waals surface area contributed by atoms with E-state index in [0.717, 1.165) is 15.4 Å². The number of rotatable bonds is 5. The minimum Gasteiger partial charge on any atom is -0.381 e. The molecule has 0 unspecified atom stereocenters. The largest absolute Gasteiger partial charge is 0.381 e. The average molecular weight is 371 g/mol. The van der Waals surface area contributed by atoms with Gasteiger partial charge in [0.15, 0.2) is 0 Å². The van der Waals surface area contributed by atoms with Crippen molar-refractivity contribution in [3.63, 3.8) is 0 Å². The van der Waals surface area contributed by atoms with Crippen LogP contribution in [-0.4, -0.2) is 26.8 Å². The second-order valence-corrected chi connectivity index (χ2v) is 8.31. The number of sulfonamides is 1. The SMILES string of the molecule is Cc1cc(S(=O)(=O)N(C)C)cc(NCc2c(F)cccc2Cl)c1C. The summed E-state index contributed by atoms with van der Waals surface area (Å²) in [4.78, 5) is 0.192. The highest BCUT2D eigenvalue weighted by Crippen LogP contribution is 2.27. The number of benzene rings is 2. The maximum absolute atomic E-state index is 13.9. The van der Waals surface area contributed by atoms with Crippen LogP contribution in [0.2, 0.25) is 5.02 Å². The third-order valence-corrected chi connectivity index (χ3v) is 6.08. The molecule has 0 saturated carbocycles. The van der Waals surface area contributed by atoms with E-state index in [0.29, 0.717) is 16.3 Å². The van der Waals surface area contributed by atoms with Gasteiger partial charge in [-0.2, -0.15) is 0 Å². The fourth-order valence-electron chi connectivity index (χ4n) is 2.25. The molecule has 4 nitrogen and oxygen atoms in total. The number of nitrogens with one attached hydrogen (secondary N) is 1. The molecule has 0 spiro atoms. The third kappa shape index (κ3) is 3.71. The molecule has 0 fully saturated rings. The number of anilines is 1. The zero-order valence-corrected chi connectivity index (χ0v) is 15.6. The van der Waals surface area contributed by atoms with E-state index in [9.17, 15) is 12.8 Å². The van der Waals surface area contributed by atoms with Crippen LogP contribution in [0, 0.1) is 19.7 Å². The molecule has 2 aromatic carbocycles. The lowest BCUT2D eigenvalue weighted by atomic mass is 10.1. The second-order valence-electron chi connectivity index (χ2n) is 5.75. The Bertz CT molecular complexity index is 847. The molecule has 24 heavy (non-hydrogen) atoms. The predicted molar refractivity (Wildman–Crippen MR) is 95.5 cm³/mol. The summed E-state index contributed by atoms with van der Waals surface area (Å²) in [5.41, 5.74) is 2.71. The highest BCUT2D eigenvalue weighted by Gasteiger charge is 2.19. The van der Waals surface area contributed by atoms with Crippen molar-refractivity contribution in [1.82, 2.24) is 4.31 Å². The van der Waals surface area contributed by atoms with E-state index in [1.54, 1.807) is 24.3 Å². The van der Waals surface area contributed by atoms with Gasteiger partial charge in [0.25, 0.3) is 0 Å². The molecule has 0 amide bonds. The van der Waals surface area contributed by atoms with Crippen LogP contribution in [0.25, 0.3) is 0 Å². The monoisotopic (exact) mass is 370 g/mol. The summed E-state index contributed by atoms with van der Waals surface area (Å²) >= 11 is 6.03. The Morgan fingerprint density at radius 1 is 1.21 bits per heavy atom. The van der Waals surface area contributed by atoms with E-state index in [1.165, 1.54) is 20.2 Å². The standard InChI is InChI=1S/C17H20ClFN2O2S/c1-11-8-13(24(22,23)21(3)4)9-17(12(11)2)20-10-14-15(18)6-5-7-16(14)19/h5-9,20H,10H2,1-4H3. The molecule has 2 rings (SSSR count). The minimum atomic E-state index is -3.54. The molecule has 0 bridgehead atoms. The molecule has 7 heteroatoms. The molecule has 0 aliphatic carbocycles. The van der Waals surface area contributed by atoms with Gasteiger partial charge in [-0.05, 0) is 49.2 Å².